The lowest BCUT2D eigenvalue weighted by atomic mass is 10.2. The second-order valence-corrected chi connectivity index (χ2v) is 6.26. The highest BCUT2D eigenvalue weighted by atomic mass is 32.2. The number of fused-ring (bicyclic) bond motifs is 1. The van der Waals surface area contributed by atoms with Gasteiger partial charge in [-0.1, -0.05) is 6.07 Å². The van der Waals surface area contributed by atoms with E-state index in [2.05, 4.69) is 10.8 Å². The molecule has 1 aromatic heterocycles. The molecule has 4 nitrogen and oxygen atoms in total. The van der Waals surface area contributed by atoms with Crippen molar-refractivity contribution in [2.24, 2.45) is 0 Å². The largest absolute Gasteiger partial charge is 0.317 e. The van der Waals surface area contributed by atoms with Crippen molar-refractivity contribution in [1.29, 1.82) is 0 Å². The van der Waals surface area contributed by atoms with Crippen LogP contribution < -0.4 is 4.72 Å². The SMILES string of the molecule is CNS(=O)(=O)c1ccc(-n2ccc3c[c]ccc32)cc1. The summed E-state index contributed by atoms with van der Waals surface area (Å²) in [5, 5.41) is 1.10. The van der Waals surface area contributed by atoms with Gasteiger partial charge in [0.1, 0.15) is 0 Å². The van der Waals surface area contributed by atoms with E-state index in [0.29, 0.717) is 0 Å². The first-order valence-corrected chi connectivity index (χ1v) is 7.61. The van der Waals surface area contributed by atoms with Crippen molar-refractivity contribution in [2.75, 3.05) is 7.05 Å². The summed E-state index contributed by atoms with van der Waals surface area (Å²) in [5.41, 5.74) is 1.98. The van der Waals surface area contributed by atoms with Gasteiger partial charge in [0.25, 0.3) is 0 Å². The van der Waals surface area contributed by atoms with E-state index < -0.39 is 10.0 Å². The fourth-order valence-corrected chi connectivity index (χ4v) is 2.88. The highest BCUT2D eigenvalue weighted by molar-refractivity contribution is 7.89. The van der Waals surface area contributed by atoms with Gasteiger partial charge in [-0.25, -0.2) is 13.1 Å². The Morgan fingerprint density at radius 2 is 1.85 bits per heavy atom. The number of aromatic nitrogens is 1. The number of hydrogen-bond acceptors (Lipinski definition) is 2. The molecule has 3 aromatic rings. The summed E-state index contributed by atoms with van der Waals surface area (Å²) in [6, 6.07) is 17.6. The van der Waals surface area contributed by atoms with Gasteiger partial charge in [0, 0.05) is 17.3 Å². The Labute approximate surface area is 117 Å². The number of nitrogens with zero attached hydrogens (tertiary/aromatic N) is 1. The predicted molar refractivity (Wildman–Crippen MR) is 78.4 cm³/mol. The third-order valence-electron chi connectivity index (χ3n) is 3.23. The zero-order valence-corrected chi connectivity index (χ0v) is 11.7. The average Bonchev–Trinajstić information content (AvgIpc) is 2.91. The van der Waals surface area contributed by atoms with Gasteiger partial charge in [-0.05, 0) is 55.6 Å². The minimum absolute atomic E-state index is 0.258. The van der Waals surface area contributed by atoms with Crippen LogP contribution in [0.5, 0.6) is 0 Å². The number of rotatable bonds is 3. The molecule has 0 amide bonds. The molecule has 2 aromatic carbocycles. The van der Waals surface area contributed by atoms with Crippen LogP contribution in [-0.4, -0.2) is 20.0 Å². The predicted octanol–water partition coefficient (Wildman–Crippen LogP) is 2.34. The van der Waals surface area contributed by atoms with Crippen molar-refractivity contribution in [1.82, 2.24) is 9.29 Å². The van der Waals surface area contributed by atoms with Crippen LogP contribution in [0.3, 0.4) is 0 Å². The van der Waals surface area contributed by atoms with E-state index in [1.807, 2.05) is 35.0 Å². The van der Waals surface area contributed by atoms with Crippen LogP contribution in [0, 0.1) is 6.07 Å². The highest BCUT2D eigenvalue weighted by Crippen LogP contribution is 2.21. The van der Waals surface area contributed by atoms with E-state index in [1.54, 1.807) is 24.3 Å². The van der Waals surface area contributed by atoms with Gasteiger partial charge in [0.2, 0.25) is 10.0 Å². The fourth-order valence-electron chi connectivity index (χ4n) is 2.15. The van der Waals surface area contributed by atoms with Crippen LogP contribution in [0.15, 0.2) is 59.6 Å². The molecule has 3 rings (SSSR count). The van der Waals surface area contributed by atoms with Gasteiger partial charge >= 0.3 is 0 Å². The van der Waals surface area contributed by atoms with Crippen LogP contribution in [0.25, 0.3) is 16.6 Å². The first-order chi connectivity index (χ1) is 9.62. The fraction of sp³-hybridized carbons (Fsp3) is 0.0667. The molecule has 0 spiro atoms. The molecule has 0 aliphatic heterocycles. The molecule has 101 valence electrons. The number of sulfonamides is 1. The van der Waals surface area contributed by atoms with Crippen molar-refractivity contribution in [3.63, 3.8) is 0 Å². The van der Waals surface area contributed by atoms with Gasteiger partial charge in [0.15, 0.2) is 0 Å². The molecule has 0 bridgehead atoms. The minimum Gasteiger partial charge on any atom is -0.317 e. The Kier molecular flexibility index (Phi) is 3.08. The van der Waals surface area contributed by atoms with Gasteiger partial charge in [-0.15, -0.1) is 0 Å². The summed E-state index contributed by atoms with van der Waals surface area (Å²) < 4.78 is 27.7. The molecule has 0 aliphatic carbocycles. The minimum atomic E-state index is -3.39. The molecule has 1 radical (unpaired) electrons. The molecule has 0 saturated heterocycles. The maximum atomic E-state index is 11.7. The lowest BCUT2D eigenvalue weighted by Crippen LogP contribution is -2.18. The molecule has 5 heteroatoms. The molecule has 1 N–H and O–H groups in total. The normalized spacial score (nSPS) is 11.8. The van der Waals surface area contributed by atoms with Crippen LogP contribution in [-0.2, 0) is 10.0 Å². The molecule has 0 saturated carbocycles. The summed E-state index contributed by atoms with van der Waals surface area (Å²) in [7, 11) is -1.99. The molecule has 20 heavy (non-hydrogen) atoms. The lowest BCUT2D eigenvalue weighted by Gasteiger charge is -2.07. The summed E-state index contributed by atoms with van der Waals surface area (Å²) in [6.45, 7) is 0. The average molecular weight is 285 g/mol. The highest BCUT2D eigenvalue weighted by Gasteiger charge is 2.11. The van der Waals surface area contributed by atoms with Crippen LogP contribution in [0.2, 0.25) is 0 Å². The zero-order chi connectivity index (χ0) is 14.2. The topological polar surface area (TPSA) is 51.1 Å². The van der Waals surface area contributed by atoms with Crippen LogP contribution in [0.4, 0.5) is 0 Å². The molecular formula is C15H13N2O2S. The number of benzene rings is 2. The van der Waals surface area contributed by atoms with E-state index in [4.69, 9.17) is 0 Å². The van der Waals surface area contributed by atoms with E-state index in [9.17, 15) is 8.42 Å². The summed E-state index contributed by atoms with van der Waals surface area (Å²) >= 11 is 0. The van der Waals surface area contributed by atoms with Crippen LogP contribution in [0.1, 0.15) is 0 Å². The quantitative estimate of drug-likeness (QED) is 0.803. The third kappa shape index (κ3) is 2.11. The molecule has 1 heterocycles. The monoisotopic (exact) mass is 285 g/mol. The van der Waals surface area contributed by atoms with Crippen molar-refractivity contribution in [2.45, 2.75) is 4.90 Å². The van der Waals surface area contributed by atoms with Crippen molar-refractivity contribution < 1.29 is 8.42 Å². The van der Waals surface area contributed by atoms with E-state index in [1.165, 1.54) is 7.05 Å². The van der Waals surface area contributed by atoms with Crippen molar-refractivity contribution >= 4 is 20.9 Å². The molecule has 0 atom stereocenters. The molecule has 0 fully saturated rings. The Hall–Kier alpha value is -2.11. The van der Waals surface area contributed by atoms with E-state index >= 15 is 0 Å². The van der Waals surface area contributed by atoms with Gasteiger partial charge in [0.05, 0.1) is 10.4 Å². The molecule has 0 aliphatic rings. The summed E-state index contributed by atoms with van der Waals surface area (Å²) in [4.78, 5) is 0.258. The zero-order valence-electron chi connectivity index (χ0n) is 10.9. The van der Waals surface area contributed by atoms with Crippen LogP contribution >= 0.6 is 0 Å². The van der Waals surface area contributed by atoms with Gasteiger partial charge in [-0.3, -0.25) is 0 Å². The standard InChI is InChI=1S/C15H13N2O2S/c1-16-20(18,19)14-8-6-13(7-9-14)17-11-10-12-4-2-3-5-15(12)17/h3-11,16H,1H3. The van der Waals surface area contributed by atoms with Crippen molar-refractivity contribution in [3.8, 4) is 5.69 Å². The third-order valence-corrected chi connectivity index (χ3v) is 4.66. The first-order valence-electron chi connectivity index (χ1n) is 6.13. The maximum absolute atomic E-state index is 11.7. The number of nitrogens with one attached hydrogen (secondary N) is 1. The van der Waals surface area contributed by atoms with E-state index in [0.717, 1.165) is 16.6 Å². The smallest absolute Gasteiger partial charge is 0.240 e. The molecule has 0 unspecified atom stereocenters. The maximum Gasteiger partial charge on any atom is 0.240 e. The Bertz CT molecular complexity index is 849. The Balaban J connectivity index is 2.08. The lowest BCUT2D eigenvalue weighted by molar-refractivity contribution is 0.588. The first kappa shape index (κ1) is 12.9. The number of hydrogen-bond donors (Lipinski definition) is 1. The second-order valence-electron chi connectivity index (χ2n) is 4.37. The summed E-state index contributed by atoms with van der Waals surface area (Å²) in [5.74, 6) is 0. The molecular weight excluding hydrogens is 272 g/mol. The Morgan fingerprint density at radius 3 is 2.55 bits per heavy atom. The second kappa shape index (κ2) is 4.77. The van der Waals surface area contributed by atoms with Crippen molar-refractivity contribution in [3.05, 3.63) is 60.8 Å². The summed E-state index contributed by atoms with van der Waals surface area (Å²) in [6.07, 6.45) is 1.96. The van der Waals surface area contributed by atoms with Gasteiger partial charge in [-0.2, -0.15) is 0 Å². The Morgan fingerprint density at radius 1 is 1.10 bits per heavy atom. The van der Waals surface area contributed by atoms with E-state index in [-0.39, 0.29) is 4.90 Å². The van der Waals surface area contributed by atoms with Gasteiger partial charge < -0.3 is 4.57 Å².